The first-order chi connectivity index (χ1) is 12.6. The SMILES string of the molecule is CC(C)(C)C.CC(C)(C)CCC1CCC2OC2C1.CC(C)(C)c1ccccc1. The van der Waals surface area contributed by atoms with E-state index in [0.29, 0.717) is 28.5 Å². The van der Waals surface area contributed by atoms with E-state index >= 15 is 0 Å². The van der Waals surface area contributed by atoms with E-state index in [1.807, 2.05) is 0 Å². The Bertz CT molecular complexity index is 532. The highest BCUT2D eigenvalue weighted by atomic mass is 16.6. The number of rotatable bonds is 2. The van der Waals surface area contributed by atoms with Gasteiger partial charge in [-0.1, -0.05) is 99.6 Å². The zero-order valence-corrected chi connectivity index (χ0v) is 20.6. The second-order valence-electron chi connectivity index (χ2n) is 12.6. The summed E-state index contributed by atoms with van der Waals surface area (Å²) in [5.74, 6) is 0.961. The van der Waals surface area contributed by atoms with Crippen LogP contribution in [0.3, 0.4) is 0 Å². The Labute approximate surface area is 176 Å². The normalized spacial score (nSPS) is 24.1. The zero-order chi connectivity index (χ0) is 21.6. The van der Waals surface area contributed by atoms with Crippen molar-refractivity contribution in [2.75, 3.05) is 0 Å². The van der Waals surface area contributed by atoms with Gasteiger partial charge in [0.2, 0.25) is 0 Å². The molecule has 28 heavy (non-hydrogen) atoms. The van der Waals surface area contributed by atoms with Crippen LogP contribution in [0.5, 0.6) is 0 Å². The molecule has 1 heteroatoms. The minimum atomic E-state index is 0.293. The maximum Gasteiger partial charge on any atom is 0.0844 e. The van der Waals surface area contributed by atoms with E-state index in [1.54, 1.807) is 0 Å². The van der Waals surface area contributed by atoms with Gasteiger partial charge in [0, 0.05) is 0 Å². The maximum absolute atomic E-state index is 5.54. The minimum absolute atomic E-state index is 0.293. The standard InChI is InChI=1S/C12H22O.C10H14.C5H12/c1-12(2,3)7-6-9-4-5-10-11(8-9)13-10;1-10(2,3)9-7-5-4-6-8-9;1-5(2,3)4/h9-11H,4-8H2,1-3H3;4-8H,1-3H3;1-4H3. The number of epoxide rings is 1. The second kappa shape index (κ2) is 10.3. The number of hydrogen-bond donors (Lipinski definition) is 0. The van der Waals surface area contributed by atoms with Gasteiger partial charge in [0.1, 0.15) is 0 Å². The number of ether oxygens (including phenoxy) is 1. The van der Waals surface area contributed by atoms with Gasteiger partial charge in [-0.2, -0.15) is 0 Å². The molecule has 0 aromatic heterocycles. The van der Waals surface area contributed by atoms with Crippen molar-refractivity contribution >= 4 is 0 Å². The van der Waals surface area contributed by atoms with Gasteiger partial charge in [0.25, 0.3) is 0 Å². The largest absolute Gasteiger partial charge is 0.370 e. The van der Waals surface area contributed by atoms with E-state index in [0.717, 1.165) is 5.92 Å². The minimum Gasteiger partial charge on any atom is -0.370 e. The van der Waals surface area contributed by atoms with E-state index in [9.17, 15) is 0 Å². The summed E-state index contributed by atoms with van der Waals surface area (Å²) >= 11 is 0. The molecule has 1 saturated carbocycles. The van der Waals surface area contributed by atoms with Crippen molar-refractivity contribution in [2.45, 2.75) is 119 Å². The Hall–Kier alpha value is -0.820. The Morgan fingerprint density at radius 1 is 0.786 bits per heavy atom. The molecule has 0 amide bonds. The van der Waals surface area contributed by atoms with Crippen molar-refractivity contribution in [1.82, 2.24) is 0 Å². The number of hydrogen-bond acceptors (Lipinski definition) is 1. The summed E-state index contributed by atoms with van der Waals surface area (Å²) < 4.78 is 5.54. The van der Waals surface area contributed by atoms with Crippen LogP contribution < -0.4 is 0 Å². The van der Waals surface area contributed by atoms with Crippen LogP contribution in [0.25, 0.3) is 0 Å². The van der Waals surface area contributed by atoms with Gasteiger partial charge in [0.15, 0.2) is 0 Å². The average molecular weight is 389 g/mol. The molecule has 0 N–H and O–H groups in total. The molecule has 3 unspecified atom stereocenters. The van der Waals surface area contributed by atoms with Gasteiger partial charge in [-0.25, -0.2) is 0 Å². The molecule has 0 spiro atoms. The Morgan fingerprint density at radius 3 is 1.71 bits per heavy atom. The van der Waals surface area contributed by atoms with E-state index in [4.69, 9.17) is 4.74 Å². The molecular weight excluding hydrogens is 340 g/mol. The van der Waals surface area contributed by atoms with Crippen LogP contribution in [0.2, 0.25) is 0 Å². The van der Waals surface area contributed by atoms with Gasteiger partial charge in [-0.3, -0.25) is 0 Å². The molecule has 1 saturated heterocycles. The van der Waals surface area contributed by atoms with E-state index in [2.05, 4.69) is 99.6 Å². The first kappa shape index (κ1) is 25.2. The summed E-state index contributed by atoms with van der Waals surface area (Å²) in [5, 5.41) is 0. The molecule has 2 aliphatic rings. The van der Waals surface area contributed by atoms with Crippen molar-refractivity contribution in [3.63, 3.8) is 0 Å². The van der Waals surface area contributed by atoms with Crippen LogP contribution >= 0.6 is 0 Å². The molecular formula is C27H48O. The van der Waals surface area contributed by atoms with E-state index < -0.39 is 0 Å². The van der Waals surface area contributed by atoms with E-state index in [1.165, 1.54) is 37.7 Å². The van der Waals surface area contributed by atoms with Crippen molar-refractivity contribution in [3.8, 4) is 0 Å². The molecule has 162 valence electrons. The predicted octanol–water partition coefficient (Wildman–Crippen LogP) is 8.42. The lowest BCUT2D eigenvalue weighted by Crippen LogP contribution is -2.16. The Balaban J connectivity index is 0.000000233. The van der Waals surface area contributed by atoms with Crippen LogP contribution in [-0.4, -0.2) is 12.2 Å². The van der Waals surface area contributed by atoms with Gasteiger partial charge in [0.05, 0.1) is 12.2 Å². The third kappa shape index (κ3) is 12.6. The van der Waals surface area contributed by atoms with Crippen molar-refractivity contribution < 1.29 is 4.74 Å². The topological polar surface area (TPSA) is 12.5 Å². The monoisotopic (exact) mass is 388 g/mol. The van der Waals surface area contributed by atoms with Gasteiger partial charge < -0.3 is 4.74 Å². The van der Waals surface area contributed by atoms with Crippen molar-refractivity contribution in [3.05, 3.63) is 35.9 Å². The lowest BCUT2D eigenvalue weighted by Gasteiger charge is -2.24. The summed E-state index contributed by atoms with van der Waals surface area (Å²) in [4.78, 5) is 0. The molecule has 1 nitrogen and oxygen atoms in total. The lowest BCUT2D eigenvalue weighted by atomic mass is 9.81. The quantitative estimate of drug-likeness (QED) is 0.463. The van der Waals surface area contributed by atoms with Gasteiger partial charge >= 0.3 is 0 Å². The van der Waals surface area contributed by atoms with Crippen LogP contribution in [0.4, 0.5) is 0 Å². The highest BCUT2D eigenvalue weighted by molar-refractivity contribution is 5.21. The molecule has 2 fully saturated rings. The molecule has 1 heterocycles. The number of benzene rings is 1. The summed E-state index contributed by atoms with van der Waals surface area (Å²) in [7, 11) is 0. The Morgan fingerprint density at radius 2 is 1.32 bits per heavy atom. The summed E-state index contributed by atoms with van der Waals surface area (Å²) in [5.41, 5.74) is 2.71. The van der Waals surface area contributed by atoms with Crippen LogP contribution in [-0.2, 0) is 10.2 Å². The first-order valence-electron chi connectivity index (χ1n) is 11.4. The third-order valence-corrected chi connectivity index (χ3v) is 5.06. The number of fused-ring (bicyclic) bond motifs is 1. The van der Waals surface area contributed by atoms with Gasteiger partial charge in [-0.05, 0) is 59.8 Å². The second-order valence-corrected chi connectivity index (χ2v) is 12.6. The summed E-state index contributed by atoms with van der Waals surface area (Å²) in [6.07, 6.45) is 8.22. The maximum atomic E-state index is 5.54. The first-order valence-corrected chi connectivity index (χ1v) is 11.4. The Kier molecular flexibility index (Phi) is 9.26. The smallest absolute Gasteiger partial charge is 0.0844 e. The van der Waals surface area contributed by atoms with Crippen LogP contribution in [0.1, 0.15) is 107 Å². The predicted molar refractivity (Wildman–Crippen MR) is 125 cm³/mol. The van der Waals surface area contributed by atoms with Crippen LogP contribution in [0.15, 0.2) is 30.3 Å². The fraction of sp³-hybridized carbons (Fsp3) is 0.778. The molecule has 3 rings (SSSR count). The zero-order valence-electron chi connectivity index (χ0n) is 20.6. The molecule has 1 aliphatic carbocycles. The van der Waals surface area contributed by atoms with Crippen molar-refractivity contribution in [1.29, 1.82) is 0 Å². The average Bonchev–Trinajstić information content (AvgIpc) is 3.30. The van der Waals surface area contributed by atoms with Crippen LogP contribution in [0, 0.1) is 16.7 Å². The van der Waals surface area contributed by atoms with Crippen molar-refractivity contribution in [2.24, 2.45) is 16.7 Å². The lowest BCUT2D eigenvalue weighted by molar-refractivity contribution is 0.284. The molecule has 0 radical (unpaired) electrons. The summed E-state index contributed by atoms with van der Waals surface area (Å²) in [6.45, 7) is 22.4. The third-order valence-electron chi connectivity index (χ3n) is 5.06. The molecule has 1 aromatic rings. The highest BCUT2D eigenvalue weighted by Gasteiger charge is 2.43. The highest BCUT2D eigenvalue weighted by Crippen LogP contribution is 2.42. The van der Waals surface area contributed by atoms with Gasteiger partial charge in [-0.15, -0.1) is 0 Å². The molecule has 1 aromatic carbocycles. The summed E-state index contributed by atoms with van der Waals surface area (Å²) in [6, 6.07) is 10.6. The molecule has 0 bridgehead atoms. The molecule has 1 aliphatic heterocycles. The molecule has 3 atom stereocenters. The fourth-order valence-electron chi connectivity index (χ4n) is 3.32. The fourth-order valence-corrected chi connectivity index (χ4v) is 3.32. The van der Waals surface area contributed by atoms with E-state index in [-0.39, 0.29) is 0 Å².